The van der Waals surface area contributed by atoms with Crippen molar-refractivity contribution in [1.82, 2.24) is 4.90 Å². The van der Waals surface area contributed by atoms with Gasteiger partial charge in [0.15, 0.2) is 11.6 Å². The molecule has 0 atom stereocenters. The molecule has 1 aliphatic rings. The summed E-state index contributed by atoms with van der Waals surface area (Å²) in [7, 11) is 0. The van der Waals surface area contributed by atoms with Crippen molar-refractivity contribution in [3.05, 3.63) is 35.5 Å². The van der Waals surface area contributed by atoms with E-state index in [-0.39, 0.29) is 36.0 Å². The van der Waals surface area contributed by atoms with E-state index in [4.69, 9.17) is 0 Å². The summed E-state index contributed by atoms with van der Waals surface area (Å²) in [5.74, 6) is -0.277. The number of carbonyl (C=O) groups is 3. The zero-order valence-corrected chi connectivity index (χ0v) is 13.3. The van der Waals surface area contributed by atoms with Crippen molar-refractivity contribution in [2.45, 2.75) is 6.42 Å². The quantitative estimate of drug-likeness (QED) is 0.546. The van der Waals surface area contributed by atoms with Gasteiger partial charge in [-0.3, -0.25) is 14.5 Å². The highest BCUT2D eigenvalue weighted by molar-refractivity contribution is 7.98. The minimum absolute atomic E-state index is 0.00263. The predicted octanol–water partition coefficient (Wildman–Crippen LogP) is 0.863. The third-order valence-corrected chi connectivity index (χ3v) is 3.78. The zero-order valence-electron chi connectivity index (χ0n) is 12.5. The molecule has 1 aliphatic heterocycles. The van der Waals surface area contributed by atoms with Crippen molar-refractivity contribution in [2.75, 3.05) is 18.6 Å². The normalized spacial score (nSPS) is 15.9. The number of nitrogens with zero attached hydrogens (tertiary/aromatic N) is 2. The molecule has 0 spiro atoms. The van der Waals surface area contributed by atoms with E-state index in [0.717, 1.165) is 4.90 Å². The van der Waals surface area contributed by atoms with Gasteiger partial charge in [-0.15, -0.1) is 5.75 Å². The second-order valence-corrected chi connectivity index (χ2v) is 5.77. The van der Waals surface area contributed by atoms with E-state index in [9.17, 15) is 19.5 Å². The van der Waals surface area contributed by atoms with E-state index in [2.05, 4.69) is 4.99 Å². The van der Waals surface area contributed by atoms with Crippen molar-refractivity contribution in [3.8, 4) is 5.75 Å². The van der Waals surface area contributed by atoms with E-state index >= 15 is 0 Å². The minimum atomic E-state index is -0.490. The maximum Gasteiger partial charge on any atom is 0.278 e. The Balaban J connectivity index is 2.31. The standard InChI is InChI=1S/C16H16N2O4S/c1-23-9-6-14(21)15-17-13(16(22)18(15)7-8-19)10-11-2-4-12(20)5-3-11/h2-5,8,10,20H,6-7,9H2,1H3/p-1/b13-10+. The third-order valence-electron chi connectivity index (χ3n) is 3.17. The molecule has 23 heavy (non-hydrogen) atoms. The molecule has 7 heteroatoms. The fourth-order valence-corrected chi connectivity index (χ4v) is 2.43. The van der Waals surface area contributed by atoms with Crippen LogP contribution in [-0.4, -0.2) is 47.3 Å². The van der Waals surface area contributed by atoms with E-state index in [1.807, 2.05) is 6.26 Å². The first-order valence-electron chi connectivity index (χ1n) is 6.92. The molecular weight excluding hydrogens is 316 g/mol. The number of carbonyl (C=O) groups excluding carboxylic acids is 3. The molecule has 1 aromatic carbocycles. The first-order valence-corrected chi connectivity index (χ1v) is 8.31. The van der Waals surface area contributed by atoms with Gasteiger partial charge in [0, 0.05) is 12.2 Å². The first-order chi connectivity index (χ1) is 11.1. The number of amides is 1. The van der Waals surface area contributed by atoms with Gasteiger partial charge in [0.25, 0.3) is 5.91 Å². The van der Waals surface area contributed by atoms with Gasteiger partial charge >= 0.3 is 0 Å². The number of aldehydes is 1. The van der Waals surface area contributed by atoms with Crippen LogP contribution in [0.4, 0.5) is 0 Å². The maximum atomic E-state index is 12.3. The molecule has 0 bridgehead atoms. The summed E-state index contributed by atoms with van der Waals surface area (Å²) < 4.78 is 0. The molecule has 120 valence electrons. The number of rotatable bonds is 7. The van der Waals surface area contributed by atoms with Gasteiger partial charge in [0.1, 0.15) is 12.0 Å². The second kappa shape index (κ2) is 7.73. The Morgan fingerprint density at radius 3 is 2.65 bits per heavy atom. The molecular formula is C16H15N2O4S-. The Labute approximate surface area is 137 Å². The van der Waals surface area contributed by atoms with Crippen LogP contribution in [0, 0.1) is 0 Å². The van der Waals surface area contributed by atoms with E-state index < -0.39 is 5.91 Å². The minimum Gasteiger partial charge on any atom is -0.872 e. The van der Waals surface area contributed by atoms with Crippen molar-refractivity contribution in [3.63, 3.8) is 0 Å². The molecule has 0 saturated carbocycles. The average Bonchev–Trinajstić information content (AvgIpc) is 2.85. The number of hydrogen-bond acceptors (Lipinski definition) is 6. The van der Waals surface area contributed by atoms with Gasteiger partial charge < -0.3 is 9.90 Å². The molecule has 0 unspecified atom stereocenters. The average molecular weight is 331 g/mol. The monoisotopic (exact) mass is 331 g/mol. The van der Waals surface area contributed by atoms with Crippen molar-refractivity contribution >= 4 is 41.7 Å². The fourth-order valence-electron chi connectivity index (χ4n) is 2.04. The van der Waals surface area contributed by atoms with E-state index in [1.165, 1.54) is 30.0 Å². The molecule has 1 aromatic rings. The van der Waals surface area contributed by atoms with Crippen LogP contribution >= 0.6 is 11.8 Å². The molecule has 6 nitrogen and oxygen atoms in total. The summed E-state index contributed by atoms with van der Waals surface area (Å²) in [5, 5.41) is 11.1. The molecule has 1 amide bonds. The van der Waals surface area contributed by atoms with Crippen LogP contribution in [0.5, 0.6) is 5.75 Å². The highest BCUT2D eigenvalue weighted by Gasteiger charge is 2.33. The second-order valence-electron chi connectivity index (χ2n) is 4.78. The maximum absolute atomic E-state index is 12.3. The summed E-state index contributed by atoms with van der Waals surface area (Å²) >= 11 is 1.52. The number of hydrogen-bond donors (Lipinski definition) is 0. The number of Topliss-reactive ketones (excluding diaryl/α,β-unsaturated/α-hetero) is 1. The largest absolute Gasteiger partial charge is 0.872 e. The fraction of sp³-hybridized carbons (Fsp3) is 0.250. The zero-order chi connectivity index (χ0) is 16.8. The lowest BCUT2D eigenvalue weighted by atomic mass is 10.2. The summed E-state index contributed by atoms with van der Waals surface area (Å²) in [4.78, 5) is 40.4. The summed E-state index contributed by atoms with van der Waals surface area (Å²) in [5.41, 5.74) is 0.707. The first kappa shape index (κ1) is 17.0. The number of ketones is 1. The molecule has 0 aromatic heterocycles. The van der Waals surface area contributed by atoms with E-state index in [1.54, 1.807) is 12.1 Å². The van der Waals surface area contributed by atoms with Crippen LogP contribution in [0.15, 0.2) is 35.0 Å². The number of benzene rings is 1. The number of amidine groups is 1. The molecule has 0 N–H and O–H groups in total. The SMILES string of the molecule is CSCCC(=O)C1=N/C(=C/c2ccc([O-])cc2)C(=O)N1CC=O. The lowest BCUT2D eigenvalue weighted by Gasteiger charge is -2.13. The predicted molar refractivity (Wildman–Crippen MR) is 87.1 cm³/mol. The van der Waals surface area contributed by atoms with Gasteiger partial charge in [-0.05, 0) is 17.9 Å². The Bertz CT molecular complexity index is 680. The van der Waals surface area contributed by atoms with Gasteiger partial charge in [-0.25, -0.2) is 4.99 Å². The molecule has 2 rings (SSSR count). The Hall–Kier alpha value is -2.41. The topological polar surface area (TPSA) is 89.9 Å². The van der Waals surface area contributed by atoms with Gasteiger partial charge in [0.05, 0.1) is 6.54 Å². The summed E-state index contributed by atoms with van der Waals surface area (Å²) in [6, 6.07) is 5.89. The van der Waals surface area contributed by atoms with Crippen LogP contribution in [-0.2, 0) is 14.4 Å². The summed E-state index contributed by atoms with van der Waals surface area (Å²) in [6.07, 6.45) is 4.18. The summed E-state index contributed by atoms with van der Waals surface area (Å²) in [6.45, 7) is -0.209. The van der Waals surface area contributed by atoms with Crippen molar-refractivity contribution in [2.24, 2.45) is 4.99 Å². The van der Waals surface area contributed by atoms with Crippen molar-refractivity contribution < 1.29 is 19.5 Å². The third kappa shape index (κ3) is 4.07. The molecule has 0 radical (unpaired) electrons. The van der Waals surface area contributed by atoms with Crippen LogP contribution in [0.3, 0.4) is 0 Å². The molecule has 1 heterocycles. The highest BCUT2D eigenvalue weighted by atomic mass is 32.2. The van der Waals surface area contributed by atoms with Crippen molar-refractivity contribution in [1.29, 1.82) is 0 Å². The Kier molecular flexibility index (Phi) is 5.70. The van der Waals surface area contributed by atoms with Gasteiger partial charge in [-0.1, -0.05) is 24.3 Å². The number of thioether (sulfide) groups is 1. The van der Waals surface area contributed by atoms with Gasteiger partial charge in [0.2, 0.25) is 0 Å². The Morgan fingerprint density at radius 1 is 1.35 bits per heavy atom. The smallest absolute Gasteiger partial charge is 0.278 e. The van der Waals surface area contributed by atoms with Crippen LogP contribution in [0.2, 0.25) is 0 Å². The molecule has 0 saturated heterocycles. The Morgan fingerprint density at radius 2 is 2.04 bits per heavy atom. The lowest BCUT2D eigenvalue weighted by Crippen LogP contribution is -2.38. The van der Waals surface area contributed by atoms with Crippen LogP contribution < -0.4 is 5.11 Å². The molecule has 0 fully saturated rings. The lowest BCUT2D eigenvalue weighted by molar-refractivity contribution is -0.268. The van der Waals surface area contributed by atoms with Gasteiger partial charge in [-0.2, -0.15) is 11.8 Å². The van der Waals surface area contributed by atoms with Crippen LogP contribution in [0.25, 0.3) is 6.08 Å². The van der Waals surface area contributed by atoms with Crippen LogP contribution in [0.1, 0.15) is 12.0 Å². The highest BCUT2D eigenvalue weighted by Crippen LogP contribution is 2.20. The number of aliphatic imine (C=N–C) groups is 1. The molecule has 0 aliphatic carbocycles. The van der Waals surface area contributed by atoms with E-state index in [0.29, 0.717) is 17.6 Å².